The molecule has 0 saturated heterocycles. The molecule has 2 rings (SSSR count). The van der Waals surface area contributed by atoms with Gasteiger partial charge in [0.15, 0.2) is 0 Å². The van der Waals surface area contributed by atoms with Gasteiger partial charge < -0.3 is 10.9 Å². The van der Waals surface area contributed by atoms with Gasteiger partial charge in [0.05, 0.1) is 5.56 Å². The van der Waals surface area contributed by atoms with Gasteiger partial charge in [0.25, 0.3) is 5.56 Å². The van der Waals surface area contributed by atoms with Crippen LogP contribution in [0.3, 0.4) is 0 Å². The number of benzene rings is 1. The van der Waals surface area contributed by atoms with Gasteiger partial charge in [-0.1, -0.05) is 18.2 Å². The SMILES string of the molecule is Nn1cc(C(=O)O)c2ccccc2c1=O. The Labute approximate surface area is 84.3 Å². The average Bonchev–Trinajstić information content (AvgIpc) is 2.23. The smallest absolute Gasteiger partial charge is 0.337 e. The van der Waals surface area contributed by atoms with Gasteiger partial charge in [-0.15, -0.1) is 0 Å². The lowest BCUT2D eigenvalue weighted by molar-refractivity contribution is 0.0698. The first-order chi connectivity index (χ1) is 7.11. The van der Waals surface area contributed by atoms with Crippen molar-refractivity contribution in [3.05, 3.63) is 46.4 Å². The Hall–Kier alpha value is -2.30. The largest absolute Gasteiger partial charge is 0.478 e. The van der Waals surface area contributed by atoms with E-state index < -0.39 is 11.5 Å². The fraction of sp³-hybridized carbons (Fsp3) is 0. The summed E-state index contributed by atoms with van der Waals surface area (Å²) in [4.78, 5) is 22.5. The lowest BCUT2D eigenvalue weighted by Crippen LogP contribution is -2.28. The molecule has 3 N–H and O–H groups in total. The Morgan fingerprint density at radius 2 is 1.87 bits per heavy atom. The molecule has 0 aliphatic carbocycles. The molecule has 1 aromatic carbocycles. The molecule has 0 amide bonds. The number of carboxylic acids is 1. The number of carbonyl (C=O) groups is 1. The normalized spacial score (nSPS) is 10.4. The molecule has 0 fully saturated rings. The second kappa shape index (κ2) is 3.13. The van der Waals surface area contributed by atoms with Gasteiger partial charge >= 0.3 is 5.97 Å². The lowest BCUT2D eigenvalue weighted by atomic mass is 10.1. The Morgan fingerprint density at radius 1 is 1.27 bits per heavy atom. The van der Waals surface area contributed by atoms with Crippen molar-refractivity contribution in [2.24, 2.45) is 0 Å². The third kappa shape index (κ3) is 1.34. The van der Waals surface area contributed by atoms with Crippen LogP contribution in [0, 0.1) is 0 Å². The number of nitrogens with zero attached hydrogens (tertiary/aromatic N) is 1. The first-order valence-corrected chi connectivity index (χ1v) is 4.24. The Kier molecular flexibility index (Phi) is 1.93. The van der Waals surface area contributed by atoms with Crippen molar-refractivity contribution in [1.29, 1.82) is 0 Å². The number of aromatic nitrogens is 1. The van der Waals surface area contributed by atoms with Crippen LogP contribution in [0.5, 0.6) is 0 Å². The Morgan fingerprint density at radius 3 is 2.47 bits per heavy atom. The molecule has 1 heterocycles. The summed E-state index contributed by atoms with van der Waals surface area (Å²) in [5.74, 6) is 4.26. The maximum absolute atomic E-state index is 11.5. The van der Waals surface area contributed by atoms with Crippen molar-refractivity contribution in [2.45, 2.75) is 0 Å². The van der Waals surface area contributed by atoms with E-state index in [1.54, 1.807) is 24.3 Å². The number of hydrogen-bond donors (Lipinski definition) is 2. The van der Waals surface area contributed by atoms with Crippen LogP contribution < -0.4 is 11.4 Å². The molecule has 0 spiro atoms. The Balaban J connectivity index is 3.01. The van der Waals surface area contributed by atoms with Crippen molar-refractivity contribution >= 4 is 16.7 Å². The predicted molar refractivity (Wildman–Crippen MR) is 55.3 cm³/mol. The van der Waals surface area contributed by atoms with Crippen LogP contribution in [-0.4, -0.2) is 15.8 Å². The van der Waals surface area contributed by atoms with Gasteiger partial charge in [0.1, 0.15) is 0 Å². The number of rotatable bonds is 1. The molecule has 0 saturated carbocycles. The van der Waals surface area contributed by atoms with Crippen LogP contribution in [0.4, 0.5) is 0 Å². The second-order valence-electron chi connectivity index (χ2n) is 3.11. The van der Waals surface area contributed by atoms with Gasteiger partial charge in [-0.25, -0.2) is 9.47 Å². The zero-order valence-electron chi connectivity index (χ0n) is 7.68. The molecular formula is C10H8N2O3. The molecule has 76 valence electrons. The molecule has 0 radical (unpaired) electrons. The van der Waals surface area contributed by atoms with Crippen molar-refractivity contribution in [1.82, 2.24) is 4.68 Å². The summed E-state index contributed by atoms with van der Waals surface area (Å²) in [6.07, 6.45) is 1.12. The zero-order valence-corrected chi connectivity index (χ0v) is 7.68. The molecule has 0 aliphatic heterocycles. The summed E-state index contributed by atoms with van der Waals surface area (Å²) in [6, 6.07) is 6.47. The van der Waals surface area contributed by atoms with Crippen molar-refractivity contribution in [3.8, 4) is 0 Å². The van der Waals surface area contributed by atoms with Crippen molar-refractivity contribution < 1.29 is 9.90 Å². The van der Waals surface area contributed by atoms with Crippen LogP contribution >= 0.6 is 0 Å². The highest BCUT2D eigenvalue weighted by Gasteiger charge is 2.11. The first-order valence-electron chi connectivity index (χ1n) is 4.24. The van der Waals surface area contributed by atoms with Crippen LogP contribution in [0.2, 0.25) is 0 Å². The van der Waals surface area contributed by atoms with E-state index >= 15 is 0 Å². The molecule has 0 atom stereocenters. The van der Waals surface area contributed by atoms with Gasteiger partial charge in [0, 0.05) is 17.0 Å². The van der Waals surface area contributed by atoms with Crippen LogP contribution in [0.25, 0.3) is 10.8 Å². The fourth-order valence-electron chi connectivity index (χ4n) is 1.48. The lowest BCUT2D eigenvalue weighted by Gasteiger charge is -2.04. The zero-order chi connectivity index (χ0) is 11.0. The third-order valence-corrected chi connectivity index (χ3v) is 2.18. The van der Waals surface area contributed by atoms with E-state index in [1.165, 1.54) is 0 Å². The van der Waals surface area contributed by atoms with Gasteiger partial charge in [0.2, 0.25) is 0 Å². The highest BCUT2D eigenvalue weighted by atomic mass is 16.4. The minimum atomic E-state index is -1.11. The summed E-state index contributed by atoms with van der Waals surface area (Å²) < 4.78 is 0.784. The summed E-state index contributed by atoms with van der Waals surface area (Å²) in [5, 5.41) is 9.63. The van der Waals surface area contributed by atoms with Crippen molar-refractivity contribution in [2.75, 3.05) is 5.84 Å². The molecule has 0 unspecified atom stereocenters. The number of hydrogen-bond acceptors (Lipinski definition) is 3. The number of fused-ring (bicyclic) bond motifs is 1. The number of nitrogens with two attached hydrogens (primary N) is 1. The Bertz CT molecular complexity index is 601. The monoisotopic (exact) mass is 204 g/mol. The van der Waals surface area contributed by atoms with E-state index in [9.17, 15) is 9.59 Å². The number of nitrogen functional groups attached to an aromatic ring is 1. The average molecular weight is 204 g/mol. The van der Waals surface area contributed by atoms with E-state index in [-0.39, 0.29) is 5.56 Å². The number of pyridine rings is 1. The predicted octanol–water partition coefficient (Wildman–Crippen LogP) is 0.414. The van der Waals surface area contributed by atoms with E-state index in [2.05, 4.69) is 0 Å². The van der Waals surface area contributed by atoms with E-state index in [1.807, 2.05) is 0 Å². The number of carboxylic acid groups (broad SMARTS) is 1. The molecule has 0 aliphatic rings. The molecular weight excluding hydrogens is 196 g/mol. The van der Waals surface area contributed by atoms with Gasteiger partial charge in [-0.2, -0.15) is 0 Å². The molecule has 5 nitrogen and oxygen atoms in total. The summed E-state index contributed by atoms with van der Waals surface area (Å²) in [5.41, 5.74) is -0.386. The number of aromatic carboxylic acids is 1. The topological polar surface area (TPSA) is 85.3 Å². The second-order valence-corrected chi connectivity index (χ2v) is 3.11. The molecule has 1 aromatic heterocycles. The molecule has 2 aromatic rings. The summed E-state index contributed by atoms with van der Waals surface area (Å²) >= 11 is 0. The summed E-state index contributed by atoms with van der Waals surface area (Å²) in [7, 11) is 0. The third-order valence-electron chi connectivity index (χ3n) is 2.18. The van der Waals surface area contributed by atoms with Gasteiger partial charge in [-0.05, 0) is 6.07 Å². The van der Waals surface area contributed by atoms with Crippen LogP contribution in [0.15, 0.2) is 35.3 Å². The minimum absolute atomic E-state index is 0.0210. The quantitative estimate of drug-likeness (QED) is 0.659. The first kappa shape index (κ1) is 9.26. The van der Waals surface area contributed by atoms with Gasteiger partial charge in [-0.3, -0.25) is 4.79 Å². The van der Waals surface area contributed by atoms with Crippen molar-refractivity contribution in [3.63, 3.8) is 0 Å². The highest BCUT2D eigenvalue weighted by Crippen LogP contribution is 2.14. The maximum Gasteiger partial charge on any atom is 0.337 e. The van der Waals surface area contributed by atoms with E-state index in [0.717, 1.165) is 10.9 Å². The molecule has 5 heteroatoms. The standard InChI is InChI=1S/C10H8N2O3/c11-12-5-8(10(14)15)6-3-1-2-4-7(6)9(12)13/h1-5H,11H2,(H,14,15). The van der Waals surface area contributed by atoms with Crippen LogP contribution in [0.1, 0.15) is 10.4 Å². The van der Waals surface area contributed by atoms with E-state index in [4.69, 9.17) is 10.9 Å². The maximum atomic E-state index is 11.5. The summed E-state index contributed by atoms with van der Waals surface area (Å²) in [6.45, 7) is 0. The highest BCUT2D eigenvalue weighted by molar-refractivity contribution is 6.02. The molecule has 15 heavy (non-hydrogen) atoms. The van der Waals surface area contributed by atoms with E-state index in [0.29, 0.717) is 10.8 Å². The van der Waals surface area contributed by atoms with Crippen LogP contribution in [-0.2, 0) is 0 Å². The molecule has 0 bridgehead atoms. The fourth-order valence-corrected chi connectivity index (χ4v) is 1.48. The minimum Gasteiger partial charge on any atom is -0.478 e.